The van der Waals surface area contributed by atoms with Crippen molar-refractivity contribution in [2.24, 2.45) is 5.92 Å². The fourth-order valence-corrected chi connectivity index (χ4v) is 5.77. The quantitative estimate of drug-likeness (QED) is 0.395. The van der Waals surface area contributed by atoms with E-state index in [0.717, 1.165) is 22.0 Å². The van der Waals surface area contributed by atoms with Crippen molar-refractivity contribution in [3.8, 4) is 5.75 Å². The molecule has 0 radical (unpaired) electrons. The van der Waals surface area contributed by atoms with Crippen LogP contribution in [-0.2, 0) is 6.42 Å². The van der Waals surface area contributed by atoms with Gasteiger partial charge >= 0.3 is 0 Å². The van der Waals surface area contributed by atoms with Gasteiger partial charge in [-0.1, -0.05) is 6.07 Å². The van der Waals surface area contributed by atoms with Gasteiger partial charge in [-0.3, -0.25) is 19.3 Å². The number of likely N-dealkylation sites (tertiary alicyclic amines) is 1. The summed E-state index contributed by atoms with van der Waals surface area (Å²) in [7, 11) is 0. The molecule has 2 aromatic carbocycles. The number of alkyl halides is 2. The molecule has 0 spiro atoms. The number of hydrogen-bond acceptors (Lipinski definition) is 4. The van der Waals surface area contributed by atoms with E-state index in [1.807, 2.05) is 35.8 Å². The second kappa shape index (κ2) is 9.58. The van der Waals surface area contributed by atoms with Gasteiger partial charge in [-0.2, -0.15) is 5.10 Å². The predicted molar refractivity (Wildman–Crippen MR) is 135 cm³/mol. The lowest BCUT2D eigenvalue weighted by Gasteiger charge is -2.50. The second-order valence-electron chi connectivity index (χ2n) is 11.6. The Morgan fingerprint density at radius 3 is 2.51 bits per heavy atom. The van der Waals surface area contributed by atoms with E-state index in [-0.39, 0.29) is 37.1 Å². The first kappa shape index (κ1) is 26.0. The summed E-state index contributed by atoms with van der Waals surface area (Å²) in [5, 5.41) is 8.02. The maximum absolute atomic E-state index is 15.8. The van der Waals surface area contributed by atoms with Gasteiger partial charge in [-0.05, 0) is 51.3 Å². The van der Waals surface area contributed by atoms with Crippen molar-refractivity contribution in [1.82, 2.24) is 20.0 Å². The van der Waals surface area contributed by atoms with Crippen LogP contribution in [0.25, 0.3) is 10.9 Å². The van der Waals surface area contributed by atoms with Gasteiger partial charge in [0.1, 0.15) is 29.7 Å². The number of aromatic nitrogens is 2. The van der Waals surface area contributed by atoms with Crippen molar-refractivity contribution in [2.45, 2.75) is 51.4 Å². The zero-order valence-corrected chi connectivity index (χ0v) is 21.8. The SMILES string of the molecule is CC(C)(F)CN1C(c2c(F)cc(OCCN3CC(CF)C3)cc2F)c2ccc3[nH]ncc3c2CC1(C)C. The predicted octanol–water partition coefficient (Wildman–Crippen LogP) is 5.60. The van der Waals surface area contributed by atoms with E-state index in [0.29, 0.717) is 26.1 Å². The summed E-state index contributed by atoms with van der Waals surface area (Å²) >= 11 is 0. The molecule has 1 unspecified atom stereocenters. The Bertz CT molecular complexity index is 1260. The van der Waals surface area contributed by atoms with Gasteiger partial charge < -0.3 is 4.74 Å². The smallest absolute Gasteiger partial charge is 0.134 e. The number of benzene rings is 2. The molecule has 3 aromatic rings. The van der Waals surface area contributed by atoms with Gasteiger partial charge in [0.25, 0.3) is 0 Å². The molecular formula is C28H34F4N4O. The van der Waals surface area contributed by atoms with Crippen LogP contribution in [0.5, 0.6) is 5.75 Å². The third-order valence-corrected chi connectivity index (χ3v) is 7.56. The highest BCUT2D eigenvalue weighted by Gasteiger charge is 2.45. The largest absolute Gasteiger partial charge is 0.492 e. The highest BCUT2D eigenvalue weighted by atomic mass is 19.1. The highest BCUT2D eigenvalue weighted by molar-refractivity contribution is 5.84. The van der Waals surface area contributed by atoms with E-state index in [1.165, 1.54) is 26.0 Å². The number of ether oxygens (including phenoxy) is 1. The highest BCUT2D eigenvalue weighted by Crippen LogP contribution is 2.47. The minimum absolute atomic E-state index is 0.000368. The molecule has 3 heterocycles. The molecule has 0 saturated carbocycles. The maximum Gasteiger partial charge on any atom is 0.134 e. The molecule has 200 valence electrons. The minimum Gasteiger partial charge on any atom is -0.492 e. The summed E-state index contributed by atoms with van der Waals surface area (Å²) in [5.74, 6) is -1.31. The Morgan fingerprint density at radius 1 is 1.16 bits per heavy atom. The summed E-state index contributed by atoms with van der Waals surface area (Å²) in [4.78, 5) is 3.91. The van der Waals surface area contributed by atoms with Gasteiger partial charge in [-0.25, -0.2) is 13.2 Å². The van der Waals surface area contributed by atoms with Crippen molar-refractivity contribution in [3.05, 3.63) is 58.8 Å². The summed E-state index contributed by atoms with van der Waals surface area (Å²) < 4.78 is 64.8. The molecule has 0 amide bonds. The summed E-state index contributed by atoms with van der Waals surface area (Å²) in [6.45, 7) is 8.72. The van der Waals surface area contributed by atoms with E-state index < -0.39 is 28.9 Å². The van der Waals surface area contributed by atoms with Gasteiger partial charge in [0, 0.05) is 60.7 Å². The Labute approximate surface area is 214 Å². The number of hydrogen-bond donors (Lipinski definition) is 1. The third kappa shape index (κ3) is 5.08. The summed E-state index contributed by atoms with van der Waals surface area (Å²) in [6.07, 6.45) is 2.31. The second-order valence-corrected chi connectivity index (χ2v) is 11.6. The molecule has 1 fully saturated rings. The molecule has 1 N–H and O–H groups in total. The minimum atomic E-state index is -1.58. The van der Waals surface area contributed by atoms with E-state index in [1.54, 1.807) is 6.20 Å². The van der Waals surface area contributed by atoms with Crippen molar-refractivity contribution in [1.29, 1.82) is 0 Å². The molecule has 5 nitrogen and oxygen atoms in total. The fraction of sp³-hybridized carbons (Fsp3) is 0.536. The monoisotopic (exact) mass is 518 g/mol. The van der Waals surface area contributed by atoms with Crippen LogP contribution in [0.15, 0.2) is 30.5 Å². The molecule has 5 rings (SSSR count). The molecule has 1 aromatic heterocycles. The number of nitrogens with one attached hydrogen (secondary N) is 1. The Morgan fingerprint density at radius 2 is 1.86 bits per heavy atom. The number of nitrogens with zero attached hydrogens (tertiary/aromatic N) is 3. The van der Waals surface area contributed by atoms with E-state index in [9.17, 15) is 4.39 Å². The van der Waals surface area contributed by atoms with Crippen LogP contribution in [-0.4, -0.2) is 70.7 Å². The molecule has 0 bridgehead atoms. The molecule has 1 atom stereocenters. The summed E-state index contributed by atoms with van der Waals surface area (Å²) in [5.41, 5.74) is 0.244. The lowest BCUT2D eigenvalue weighted by Crippen LogP contribution is -2.55. The van der Waals surface area contributed by atoms with E-state index >= 15 is 13.2 Å². The van der Waals surface area contributed by atoms with Crippen LogP contribution in [0.3, 0.4) is 0 Å². The van der Waals surface area contributed by atoms with Crippen molar-refractivity contribution in [2.75, 3.05) is 39.5 Å². The molecule has 37 heavy (non-hydrogen) atoms. The number of halogens is 4. The van der Waals surface area contributed by atoms with Crippen molar-refractivity contribution in [3.63, 3.8) is 0 Å². The standard InChI is InChI=1S/C28H34F4N4O/c1-27(2,32)16-36-26(19-5-6-24-21(13-33-34-24)20(19)11-28(36,3)4)25-22(30)9-18(10-23(25)31)37-8-7-35-14-17(12-29)15-35/h5-6,9-10,13,17,26H,7-8,11-12,14-16H2,1-4H3,(H,33,34). The van der Waals surface area contributed by atoms with Crippen LogP contribution in [0.4, 0.5) is 17.6 Å². The first-order chi connectivity index (χ1) is 17.5. The van der Waals surface area contributed by atoms with Crippen LogP contribution >= 0.6 is 0 Å². The first-order valence-electron chi connectivity index (χ1n) is 12.8. The molecule has 2 aliphatic rings. The lowest BCUT2D eigenvalue weighted by atomic mass is 9.77. The Balaban J connectivity index is 1.50. The van der Waals surface area contributed by atoms with Crippen molar-refractivity contribution >= 4 is 10.9 Å². The lowest BCUT2D eigenvalue weighted by molar-refractivity contribution is 0.0162. The molecule has 2 aliphatic heterocycles. The van der Waals surface area contributed by atoms with E-state index in [4.69, 9.17) is 4.74 Å². The van der Waals surface area contributed by atoms with Crippen molar-refractivity contribution < 1.29 is 22.3 Å². The normalized spacial score (nSPS) is 20.7. The zero-order valence-electron chi connectivity index (χ0n) is 21.8. The van der Waals surface area contributed by atoms with Crippen LogP contribution in [0.1, 0.15) is 50.4 Å². The number of rotatable bonds is 8. The summed E-state index contributed by atoms with van der Waals surface area (Å²) in [6, 6.07) is 5.28. The molecule has 1 saturated heterocycles. The topological polar surface area (TPSA) is 44.4 Å². The third-order valence-electron chi connectivity index (χ3n) is 7.56. The Hall–Kier alpha value is -2.65. The first-order valence-corrected chi connectivity index (χ1v) is 12.8. The van der Waals surface area contributed by atoms with Crippen LogP contribution in [0.2, 0.25) is 0 Å². The van der Waals surface area contributed by atoms with Gasteiger partial charge in [-0.15, -0.1) is 0 Å². The van der Waals surface area contributed by atoms with E-state index in [2.05, 4.69) is 10.2 Å². The number of H-pyrrole nitrogens is 1. The number of aromatic amines is 1. The van der Waals surface area contributed by atoms with Crippen LogP contribution in [0, 0.1) is 17.6 Å². The van der Waals surface area contributed by atoms with Crippen LogP contribution < -0.4 is 4.74 Å². The van der Waals surface area contributed by atoms with Gasteiger partial charge in [0.2, 0.25) is 0 Å². The molecular weight excluding hydrogens is 484 g/mol. The maximum atomic E-state index is 15.8. The zero-order chi connectivity index (χ0) is 26.5. The average Bonchev–Trinajstić information content (AvgIpc) is 3.25. The average molecular weight is 519 g/mol. The van der Waals surface area contributed by atoms with Gasteiger partial charge in [0.15, 0.2) is 0 Å². The number of fused-ring (bicyclic) bond motifs is 3. The molecule has 0 aliphatic carbocycles. The molecule has 9 heteroatoms. The Kier molecular flexibility index (Phi) is 6.73. The fourth-order valence-electron chi connectivity index (χ4n) is 5.77. The van der Waals surface area contributed by atoms with Gasteiger partial charge in [0.05, 0.1) is 24.4 Å².